The average Bonchev–Trinajstić information content (AvgIpc) is 2.69. The predicted molar refractivity (Wildman–Crippen MR) is 110 cm³/mol. The van der Waals surface area contributed by atoms with Crippen molar-refractivity contribution in [3.8, 4) is 5.75 Å². The van der Waals surface area contributed by atoms with E-state index in [1.807, 2.05) is 0 Å². The highest BCUT2D eigenvalue weighted by Gasteiger charge is 2.15. The zero-order valence-electron chi connectivity index (χ0n) is 15.8. The summed E-state index contributed by atoms with van der Waals surface area (Å²) in [7, 11) is 3.15. The Hall–Kier alpha value is -2.42. The van der Waals surface area contributed by atoms with Crippen LogP contribution in [0, 0.1) is 0 Å². The number of carbonyl (C=O) groups is 2. The van der Waals surface area contributed by atoms with Gasteiger partial charge in [-0.1, -0.05) is 22.0 Å². The van der Waals surface area contributed by atoms with Crippen LogP contribution in [0.4, 0.5) is 5.69 Å². The quantitative estimate of drug-likeness (QED) is 0.543. The lowest BCUT2D eigenvalue weighted by Gasteiger charge is -2.13. The Bertz CT molecular complexity index is 813. The zero-order valence-corrected chi connectivity index (χ0v) is 17.4. The molecule has 0 atom stereocenters. The van der Waals surface area contributed by atoms with Gasteiger partial charge in [0, 0.05) is 36.5 Å². The highest BCUT2D eigenvalue weighted by Crippen LogP contribution is 2.24. The molecule has 0 aliphatic heterocycles. The van der Waals surface area contributed by atoms with Crippen LogP contribution in [0.25, 0.3) is 0 Å². The number of hydrogen-bond acceptors (Lipinski definition) is 5. The normalized spacial score (nSPS) is 10.4. The molecule has 8 heteroatoms. The van der Waals surface area contributed by atoms with E-state index in [9.17, 15) is 9.59 Å². The number of halogens is 1. The molecular weight excluding hydrogens is 428 g/mol. The van der Waals surface area contributed by atoms with Crippen LogP contribution in [-0.4, -0.2) is 52.4 Å². The van der Waals surface area contributed by atoms with Gasteiger partial charge in [0.15, 0.2) is 0 Å². The molecule has 7 nitrogen and oxygen atoms in total. The molecular formula is C20H23BrN2O5. The van der Waals surface area contributed by atoms with Crippen LogP contribution >= 0.6 is 15.9 Å². The molecule has 2 amide bonds. The summed E-state index contributed by atoms with van der Waals surface area (Å²) >= 11 is 3.37. The average molecular weight is 451 g/mol. The van der Waals surface area contributed by atoms with Crippen molar-refractivity contribution in [1.29, 1.82) is 0 Å². The largest absolute Gasteiger partial charge is 0.490 e. The van der Waals surface area contributed by atoms with E-state index in [1.54, 1.807) is 56.7 Å². The number of nitrogens with one attached hydrogen (secondary N) is 2. The van der Waals surface area contributed by atoms with Crippen LogP contribution in [0.2, 0.25) is 0 Å². The van der Waals surface area contributed by atoms with E-state index < -0.39 is 0 Å². The van der Waals surface area contributed by atoms with Crippen molar-refractivity contribution in [2.75, 3.05) is 45.9 Å². The van der Waals surface area contributed by atoms with E-state index in [0.717, 1.165) is 4.47 Å². The lowest BCUT2D eigenvalue weighted by molar-refractivity contribution is 0.0936. The van der Waals surface area contributed by atoms with E-state index in [0.29, 0.717) is 48.9 Å². The van der Waals surface area contributed by atoms with Gasteiger partial charge in [0.25, 0.3) is 11.8 Å². The van der Waals surface area contributed by atoms with Gasteiger partial charge in [-0.05, 0) is 36.4 Å². The predicted octanol–water partition coefficient (Wildman–Crippen LogP) is 3.10. The van der Waals surface area contributed by atoms with Crippen molar-refractivity contribution < 1.29 is 23.8 Å². The maximum atomic E-state index is 12.8. The van der Waals surface area contributed by atoms with Gasteiger partial charge in [-0.3, -0.25) is 9.59 Å². The van der Waals surface area contributed by atoms with Crippen molar-refractivity contribution in [2.24, 2.45) is 0 Å². The van der Waals surface area contributed by atoms with Crippen molar-refractivity contribution in [2.45, 2.75) is 0 Å². The molecule has 150 valence electrons. The lowest BCUT2D eigenvalue weighted by atomic mass is 10.1. The standard InChI is InChI=1S/C20H23BrN2O5/c1-26-9-8-22-19(24)14-4-3-5-16(12-14)23-20(25)17-13-15(21)6-7-18(17)28-11-10-27-2/h3-7,12-13H,8-11H2,1-2H3,(H,22,24)(H,23,25). The minimum absolute atomic E-state index is 0.237. The summed E-state index contributed by atoms with van der Waals surface area (Å²) in [4.78, 5) is 24.9. The fraction of sp³-hybridized carbons (Fsp3) is 0.300. The Balaban J connectivity index is 2.11. The summed E-state index contributed by atoms with van der Waals surface area (Å²) in [6, 6.07) is 11.9. The molecule has 0 aromatic heterocycles. The first-order valence-electron chi connectivity index (χ1n) is 8.65. The van der Waals surface area contributed by atoms with Gasteiger partial charge in [0.05, 0.1) is 18.8 Å². The number of anilines is 1. The maximum absolute atomic E-state index is 12.8. The smallest absolute Gasteiger partial charge is 0.259 e. The second-order valence-electron chi connectivity index (χ2n) is 5.77. The summed E-state index contributed by atoms with van der Waals surface area (Å²) in [6.45, 7) is 1.58. The molecule has 0 heterocycles. The summed E-state index contributed by atoms with van der Waals surface area (Å²) in [5, 5.41) is 5.55. The van der Waals surface area contributed by atoms with Crippen molar-refractivity contribution in [3.05, 3.63) is 58.1 Å². The molecule has 0 aliphatic carbocycles. The number of benzene rings is 2. The maximum Gasteiger partial charge on any atom is 0.259 e. The van der Waals surface area contributed by atoms with E-state index in [-0.39, 0.29) is 11.8 Å². The third-order valence-corrected chi connectivity index (χ3v) is 4.20. The molecule has 2 aromatic rings. The van der Waals surface area contributed by atoms with Crippen molar-refractivity contribution >= 4 is 33.4 Å². The van der Waals surface area contributed by atoms with Crippen LogP contribution in [0.3, 0.4) is 0 Å². The highest BCUT2D eigenvalue weighted by molar-refractivity contribution is 9.10. The number of ether oxygens (including phenoxy) is 3. The van der Waals surface area contributed by atoms with E-state index >= 15 is 0 Å². The number of rotatable bonds is 10. The molecule has 2 rings (SSSR count). The van der Waals surface area contributed by atoms with Gasteiger partial charge in [-0.2, -0.15) is 0 Å². The summed E-state index contributed by atoms with van der Waals surface area (Å²) in [6.07, 6.45) is 0. The van der Waals surface area contributed by atoms with E-state index in [4.69, 9.17) is 14.2 Å². The molecule has 0 saturated carbocycles. The van der Waals surface area contributed by atoms with Crippen LogP contribution in [-0.2, 0) is 9.47 Å². The van der Waals surface area contributed by atoms with E-state index in [1.165, 1.54) is 0 Å². The first-order valence-corrected chi connectivity index (χ1v) is 9.44. The Labute approximate surface area is 172 Å². The monoisotopic (exact) mass is 450 g/mol. The van der Waals surface area contributed by atoms with Crippen LogP contribution in [0.15, 0.2) is 46.9 Å². The second kappa shape index (κ2) is 11.4. The van der Waals surface area contributed by atoms with Gasteiger partial charge in [0.2, 0.25) is 0 Å². The zero-order chi connectivity index (χ0) is 20.4. The highest BCUT2D eigenvalue weighted by atomic mass is 79.9. The number of hydrogen-bond donors (Lipinski definition) is 2. The second-order valence-corrected chi connectivity index (χ2v) is 6.68. The number of methoxy groups -OCH3 is 2. The summed E-state index contributed by atoms with van der Waals surface area (Å²) in [5.41, 5.74) is 1.33. The van der Waals surface area contributed by atoms with Gasteiger partial charge in [-0.25, -0.2) is 0 Å². The fourth-order valence-electron chi connectivity index (χ4n) is 2.35. The number of carbonyl (C=O) groups excluding carboxylic acids is 2. The van der Waals surface area contributed by atoms with Crippen LogP contribution in [0.5, 0.6) is 5.75 Å². The van der Waals surface area contributed by atoms with E-state index in [2.05, 4.69) is 26.6 Å². The molecule has 0 bridgehead atoms. The summed E-state index contributed by atoms with van der Waals surface area (Å²) < 4.78 is 16.3. The minimum atomic E-state index is -0.342. The topological polar surface area (TPSA) is 85.9 Å². The third kappa shape index (κ3) is 6.63. The molecule has 2 N–H and O–H groups in total. The molecule has 0 saturated heterocycles. The Kier molecular flexibility index (Phi) is 8.93. The van der Waals surface area contributed by atoms with Gasteiger partial charge in [0.1, 0.15) is 12.4 Å². The molecule has 0 aliphatic rings. The van der Waals surface area contributed by atoms with Gasteiger partial charge >= 0.3 is 0 Å². The molecule has 0 fully saturated rings. The van der Waals surface area contributed by atoms with Crippen molar-refractivity contribution in [3.63, 3.8) is 0 Å². The Morgan fingerprint density at radius 3 is 2.50 bits per heavy atom. The summed E-state index contributed by atoms with van der Waals surface area (Å²) in [5.74, 6) is -0.129. The molecule has 0 spiro atoms. The number of amides is 2. The lowest BCUT2D eigenvalue weighted by Crippen LogP contribution is -2.27. The molecule has 0 unspecified atom stereocenters. The molecule has 0 radical (unpaired) electrons. The molecule has 2 aromatic carbocycles. The van der Waals surface area contributed by atoms with Crippen LogP contribution < -0.4 is 15.4 Å². The Morgan fingerprint density at radius 1 is 0.964 bits per heavy atom. The van der Waals surface area contributed by atoms with Gasteiger partial charge in [-0.15, -0.1) is 0 Å². The Morgan fingerprint density at radius 2 is 1.75 bits per heavy atom. The first kappa shape index (κ1) is 21.9. The SMILES string of the molecule is COCCNC(=O)c1cccc(NC(=O)c2cc(Br)ccc2OCCOC)c1. The van der Waals surface area contributed by atoms with Crippen LogP contribution in [0.1, 0.15) is 20.7 Å². The first-order chi connectivity index (χ1) is 13.5. The molecule has 28 heavy (non-hydrogen) atoms. The third-order valence-electron chi connectivity index (χ3n) is 3.71. The fourth-order valence-corrected chi connectivity index (χ4v) is 2.71. The van der Waals surface area contributed by atoms with Gasteiger partial charge < -0.3 is 24.8 Å². The van der Waals surface area contributed by atoms with Crippen molar-refractivity contribution in [1.82, 2.24) is 5.32 Å². The minimum Gasteiger partial charge on any atom is -0.490 e.